The minimum absolute atomic E-state index is 0. The van der Waals surface area contributed by atoms with Crippen LogP contribution in [-0.4, -0.2) is 11.9 Å². The molecule has 0 heterocycles. The summed E-state index contributed by atoms with van der Waals surface area (Å²) in [5, 5.41) is 3.13. The molecule has 3 nitrogen and oxygen atoms in total. The van der Waals surface area contributed by atoms with Gasteiger partial charge in [0.15, 0.2) is 0 Å². The van der Waals surface area contributed by atoms with Crippen molar-refractivity contribution in [3.63, 3.8) is 0 Å². The molecule has 2 rings (SSSR count). The Balaban J connectivity index is 0.00000220. The van der Waals surface area contributed by atoms with E-state index in [1.54, 1.807) is 12.1 Å². The van der Waals surface area contributed by atoms with E-state index in [9.17, 15) is 9.18 Å². The molecule has 21 heavy (non-hydrogen) atoms. The predicted molar refractivity (Wildman–Crippen MR) is 84.8 cm³/mol. The van der Waals surface area contributed by atoms with Gasteiger partial charge in [-0.3, -0.25) is 4.79 Å². The van der Waals surface area contributed by atoms with Crippen molar-refractivity contribution in [2.75, 3.05) is 0 Å². The number of hydrogen-bond acceptors (Lipinski definition) is 2. The maximum atomic E-state index is 13.1. The number of carbonyl (C=O) groups is 1. The van der Waals surface area contributed by atoms with Crippen molar-refractivity contribution >= 4 is 18.3 Å². The van der Waals surface area contributed by atoms with Crippen LogP contribution in [0.2, 0.25) is 0 Å². The summed E-state index contributed by atoms with van der Waals surface area (Å²) in [5.74, 6) is -0.353. The topological polar surface area (TPSA) is 55.1 Å². The average Bonchev–Trinajstić information content (AvgIpc) is 2.89. The standard InChI is InChI=1S/C16H23FN2O.ClH/c1-2-5-14(18)15(20)19-16(10-3-4-11-16)12-6-8-13(17)9-7-12;/h6-9,14H,2-5,10-11,18H2,1H3,(H,19,20);1H. The highest BCUT2D eigenvalue weighted by Gasteiger charge is 2.37. The summed E-state index contributed by atoms with van der Waals surface area (Å²) < 4.78 is 13.1. The molecule has 1 amide bonds. The lowest BCUT2D eigenvalue weighted by Crippen LogP contribution is -2.50. The van der Waals surface area contributed by atoms with Crippen LogP contribution in [0, 0.1) is 5.82 Å². The molecule has 0 radical (unpaired) electrons. The average molecular weight is 315 g/mol. The van der Waals surface area contributed by atoms with Gasteiger partial charge >= 0.3 is 0 Å². The Labute approximate surface area is 131 Å². The first kappa shape index (κ1) is 17.9. The monoisotopic (exact) mass is 314 g/mol. The highest BCUT2D eigenvalue weighted by atomic mass is 35.5. The van der Waals surface area contributed by atoms with Gasteiger partial charge in [-0.2, -0.15) is 0 Å². The van der Waals surface area contributed by atoms with Gasteiger partial charge < -0.3 is 11.1 Å². The van der Waals surface area contributed by atoms with Crippen LogP contribution in [0.3, 0.4) is 0 Å². The van der Waals surface area contributed by atoms with Gasteiger partial charge in [-0.05, 0) is 37.0 Å². The number of amides is 1. The maximum absolute atomic E-state index is 13.1. The molecule has 0 bridgehead atoms. The summed E-state index contributed by atoms with van der Waals surface area (Å²) in [4.78, 5) is 12.2. The predicted octanol–water partition coefficient (Wildman–Crippen LogP) is 3.26. The van der Waals surface area contributed by atoms with Crippen molar-refractivity contribution in [2.24, 2.45) is 5.73 Å². The van der Waals surface area contributed by atoms with Crippen LogP contribution in [0.4, 0.5) is 4.39 Å². The molecular formula is C16H24ClFN2O. The molecule has 118 valence electrons. The third-order valence-corrected chi connectivity index (χ3v) is 4.15. The fourth-order valence-electron chi connectivity index (χ4n) is 3.00. The number of nitrogens with two attached hydrogens (primary N) is 1. The van der Waals surface area contributed by atoms with E-state index in [2.05, 4.69) is 5.32 Å². The molecule has 0 saturated heterocycles. The second kappa shape index (κ2) is 7.76. The Morgan fingerprint density at radius 1 is 1.33 bits per heavy atom. The first-order valence-corrected chi connectivity index (χ1v) is 7.41. The fourth-order valence-corrected chi connectivity index (χ4v) is 3.00. The van der Waals surface area contributed by atoms with Crippen LogP contribution in [0.1, 0.15) is 51.0 Å². The van der Waals surface area contributed by atoms with E-state index in [1.807, 2.05) is 6.92 Å². The maximum Gasteiger partial charge on any atom is 0.237 e. The minimum atomic E-state index is -0.460. The van der Waals surface area contributed by atoms with Crippen molar-refractivity contribution in [1.82, 2.24) is 5.32 Å². The Hall–Kier alpha value is -1.13. The first-order chi connectivity index (χ1) is 9.57. The Bertz CT molecular complexity index is 458. The molecule has 0 spiro atoms. The van der Waals surface area contributed by atoms with Crippen molar-refractivity contribution < 1.29 is 9.18 Å². The molecule has 1 aliphatic carbocycles. The van der Waals surface area contributed by atoms with Gasteiger partial charge in [-0.15, -0.1) is 12.4 Å². The van der Waals surface area contributed by atoms with Crippen LogP contribution < -0.4 is 11.1 Å². The summed E-state index contributed by atoms with van der Waals surface area (Å²) >= 11 is 0. The Morgan fingerprint density at radius 3 is 2.43 bits per heavy atom. The lowest BCUT2D eigenvalue weighted by molar-refractivity contribution is -0.124. The SMILES string of the molecule is CCCC(N)C(=O)NC1(c2ccc(F)cc2)CCCC1.Cl. The second-order valence-corrected chi connectivity index (χ2v) is 5.68. The fraction of sp³-hybridized carbons (Fsp3) is 0.562. The van der Waals surface area contributed by atoms with Crippen LogP contribution in [0.5, 0.6) is 0 Å². The largest absolute Gasteiger partial charge is 0.345 e. The molecular weight excluding hydrogens is 291 g/mol. The minimum Gasteiger partial charge on any atom is -0.345 e. The number of carbonyl (C=O) groups excluding carboxylic acids is 1. The zero-order valence-corrected chi connectivity index (χ0v) is 13.2. The van der Waals surface area contributed by atoms with Gasteiger partial charge in [-0.1, -0.05) is 38.3 Å². The van der Waals surface area contributed by atoms with Crippen LogP contribution >= 0.6 is 12.4 Å². The zero-order chi connectivity index (χ0) is 14.6. The number of benzene rings is 1. The number of hydrogen-bond donors (Lipinski definition) is 2. The summed E-state index contributed by atoms with van der Waals surface area (Å²) in [6.45, 7) is 2.01. The number of halogens is 2. The molecule has 3 N–H and O–H groups in total. The van der Waals surface area contributed by atoms with Crippen LogP contribution in [0.15, 0.2) is 24.3 Å². The molecule has 0 aliphatic heterocycles. The first-order valence-electron chi connectivity index (χ1n) is 7.41. The highest BCUT2D eigenvalue weighted by Crippen LogP contribution is 2.38. The molecule has 1 aliphatic rings. The molecule has 1 fully saturated rings. The van der Waals surface area contributed by atoms with Crippen molar-refractivity contribution in [2.45, 2.75) is 57.0 Å². The van der Waals surface area contributed by atoms with Gasteiger partial charge in [0.1, 0.15) is 5.82 Å². The highest BCUT2D eigenvalue weighted by molar-refractivity contribution is 5.85. The normalized spacial score (nSPS) is 17.9. The molecule has 1 unspecified atom stereocenters. The summed E-state index contributed by atoms with van der Waals surface area (Å²) in [7, 11) is 0. The van der Waals surface area contributed by atoms with E-state index in [0.29, 0.717) is 6.42 Å². The van der Waals surface area contributed by atoms with E-state index in [4.69, 9.17) is 5.73 Å². The third kappa shape index (κ3) is 4.17. The summed E-state index contributed by atoms with van der Waals surface area (Å²) in [6, 6.07) is 5.98. The van der Waals surface area contributed by atoms with E-state index < -0.39 is 6.04 Å². The Kier molecular flexibility index (Phi) is 6.62. The van der Waals surface area contributed by atoms with E-state index in [1.165, 1.54) is 12.1 Å². The molecule has 5 heteroatoms. The van der Waals surface area contributed by atoms with Gasteiger partial charge in [0.2, 0.25) is 5.91 Å². The number of nitrogens with one attached hydrogen (secondary N) is 1. The molecule has 0 aromatic heterocycles. The van der Waals surface area contributed by atoms with Crippen LogP contribution in [0.25, 0.3) is 0 Å². The number of rotatable bonds is 5. The van der Waals surface area contributed by atoms with E-state index in [-0.39, 0.29) is 29.7 Å². The molecule has 1 aromatic rings. The van der Waals surface area contributed by atoms with E-state index in [0.717, 1.165) is 37.7 Å². The van der Waals surface area contributed by atoms with E-state index >= 15 is 0 Å². The molecule has 1 aromatic carbocycles. The third-order valence-electron chi connectivity index (χ3n) is 4.15. The van der Waals surface area contributed by atoms with Gasteiger partial charge in [0.25, 0.3) is 0 Å². The molecule has 1 atom stereocenters. The summed E-state index contributed by atoms with van der Waals surface area (Å²) in [6.07, 6.45) is 5.50. The van der Waals surface area contributed by atoms with Gasteiger partial charge in [0.05, 0.1) is 11.6 Å². The van der Waals surface area contributed by atoms with Crippen molar-refractivity contribution in [1.29, 1.82) is 0 Å². The molecule has 1 saturated carbocycles. The summed E-state index contributed by atoms with van der Waals surface area (Å²) in [5.41, 5.74) is 6.51. The zero-order valence-electron chi connectivity index (χ0n) is 12.4. The lowest BCUT2D eigenvalue weighted by Gasteiger charge is -2.32. The van der Waals surface area contributed by atoms with Crippen LogP contribution in [-0.2, 0) is 10.3 Å². The second-order valence-electron chi connectivity index (χ2n) is 5.68. The smallest absolute Gasteiger partial charge is 0.237 e. The van der Waals surface area contributed by atoms with Crippen molar-refractivity contribution in [3.05, 3.63) is 35.6 Å². The lowest BCUT2D eigenvalue weighted by atomic mass is 9.87. The van der Waals surface area contributed by atoms with Gasteiger partial charge in [-0.25, -0.2) is 4.39 Å². The van der Waals surface area contributed by atoms with Crippen molar-refractivity contribution in [3.8, 4) is 0 Å². The Morgan fingerprint density at radius 2 is 1.90 bits per heavy atom. The van der Waals surface area contributed by atoms with Gasteiger partial charge in [0, 0.05) is 0 Å². The quantitative estimate of drug-likeness (QED) is 0.876.